The summed E-state index contributed by atoms with van der Waals surface area (Å²) in [5.41, 5.74) is 0.449. The van der Waals surface area contributed by atoms with Crippen molar-refractivity contribution < 1.29 is 13.5 Å². The van der Waals surface area contributed by atoms with Crippen LogP contribution in [0.25, 0.3) is 0 Å². The van der Waals surface area contributed by atoms with Gasteiger partial charge in [-0.2, -0.15) is 0 Å². The summed E-state index contributed by atoms with van der Waals surface area (Å²) in [6.07, 6.45) is 0. The van der Waals surface area contributed by atoms with E-state index < -0.39 is 11.6 Å². The Kier molecular flexibility index (Phi) is 4.96. The zero-order valence-electron chi connectivity index (χ0n) is 12.4. The molecule has 21 heavy (non-hydrogen) atoms. The highest BCUT2D eigenvalue weighted by molar-refractivity contribution is 7.09. The number of hydrogen-bond donors (Lipinski definition) is 1. The molecule has 0 aliphatic carbocycles. The van der Waals surface area contributed by atoms with Gasteiger partial charge in [0.2, 0.25) is 0 Å². The molecule has 2 nitrogen and oxygen atoms in total. The fraction of sp³-hybridized carbons (Fsp3) is 0.375. The monoisotopic (exact) mass is 311 g/mol. The third-order valence-corrected chi connectivity index (χ3v) is 3.67. The SMILES string of the molecule is CC(C)(C)NCc1cc(F)c(OCc2cccs2)c(F)c1. The van der Waals surface area contributed by atoms with Gasteiger partial charge in [-0.1, -0.05) is 6.07 Å². The fourth-order valence-electron chi connectivity index (χ4n) is 1.76. The van der Waals surface area contributed by atoms with E-state index in [1.165, 1.54) is 23.5 Å². The molecule has 0 atom stereocenters. The molecule has 1 heterocycles. The summed E-state index contributed by atoms with van der Waals surface area (Å²) in [4.78, 5) is 0.923. The lowest BCUT2D eigenvalue weighted by molar-refractivity contribution is 0.276. The molecule has 1 aromatic heterocycles. The minimum absolute atomic E-state index is 0.110. The lowest BCUT2D eigenvalue weighted by atomic mass is 10.1. The van der Waals surface area contributed by atoms with Crippen LogP contribution in [-0.4, -0.2) is 5.54 Å². The first-order valence-electron chi connectivity index (χ1n) is 6.73. The van der Waals surface area contributed by atoms with Crippen molar-refractivity contribution in [2.24, 2.45) is 0 Å². The standard InChI is InChI=1S/C16H19F2NOS/c1-16(2,3)19-9-11-7-13(17)15(14(18)8-11)20-10-12-5-4-6-21-12/h4-8,19H,9-10H2,1-3H3. The van der Waals surface area contributed by atoms with E-state index in [1.807, 2.05) is 38.3 Å². The molecular formula is C16H19F2NOS. The molecule has 2 rings (SSSR count). The molecule has 0 bridgehead atoms. The van der Waals surface area contributed by atoms with Gasteiger partial charge < -0.3 is 10.1 Å². The Labute approximate surface area is 127 Å². The second kappa shape index (κ2) is 6.54. The highest BCUT2D eigenvalue weighted by Gasteiger charge is 2.15. The Morgan fingerprint density at radius 3 is 2.38 bits per heavy atom. The van der Waals surface area contributed by atoms with Gasteiger partial charge in [-0.15, -0.1) is 11.3 Å². The summed E-state index contributed by atoms with van der Waals surface area (Å²) < 4.78 is 33.2. The third-order valence-electron chi connectivity index (χ3n) is 2.82. The first kappa shape index (κ1) is 15.9. The second-order valence-electron chi connectivity index (χ2n) is 5.86. The van der Waals surface area contributed by atoms with Crippen LogP contribution in [0.1, 0.15) is 31.2 Å². The highest BCUT2D eigenvalue weighted by Crippen LogP contribution is 2.25. The number of halogens is 2. The summed E-state index contributed by atoms with van der Waals surface area (Å²) in [6.45, 7) is 6.57. The van der Waals surface area contributed by atoms with E-state index in [4.69, 9.17) is 4.74 Å². The summed E-state index contributed by atoms with van der Waals surface area (Å²) in [6, 6.07) is 6.36. The quantitative estimate of drug-likeness (QED) is 0.878. The Hall–Kier alpha value is -1.46. The van der Waals surface area contributed by atoms with Gasteiger partial charge in [-0.05, 0) is 49.9 Å². The molecule has 0 saturated carbocycles. The maximum Gasteiger partial charge on any atom is 0.191 e. The first-order valence-corrected chi connectivity index (χ1v) is 7.61. The molecular weight excluding hydrogens is 292 g/mol. The zero-order chi connectivity index (χ0) is 15.5. The molecule has 0 fully saturated rings. The van der Waals surface area contributed by atoms with Crippen molar-refractivity contribution >= 4 is 11.3 Å². The molecule has 0 unspecified atom stereocenters. The van der Waals surface area contributed by atoms with Crippen molar-refractivity contribution in [3.8, 4) is 5.75 Å². The summed E-state index contributed by atoms with van der Waals surface area (Å²) in [7, 11) is 0. The number of nitrogens with one attached hydrogen (secondary N) is 1. The van der Waals surface area contributed by atoms with Crippen molar-refractivity contribution in [1.29, 1.82) is 0 Å². The molecule has 114 valence electrons. The Balaban J connectivity index is 2.06. The number of hydrogen-bond acceptors (Lipinski definition) is 3. The Morgan fingerprint density at radius 1 is 1.19 bits per heavy atom. The molecule has 0 amide bonds. The summed E-state index contributed by atoms with van der Waals surface area (Å²) >= 11 is 1.49. The van der Waals surface area contributed by atoms with Crippen molar-refractivity contribution in [3.05, 3.63) is 51.7 Å². The van der Waals surface area contributed by atoms with E-state index in [0.717, 1.165) is 4.88 Å². The van der Waals surface area contributed by atoms with Gasteiger partial charge in [-0.25, -0.2) is 8.78 Å². The molecule has 0 aliphatic rings. The second-order valence-corrected chi connectivity index (χ2v) is 6.89. The van der Waals surface area contributed by atoms with Crippen molar-refractivity contribution in [2.75, 3.05) is 0 Å². The van der Waals surface area contributed by atoms with Crippen LogP contribution in [-0.2, 0) is 13.2 Å². The van der Waals surface area contributed by atoms with Gasteiger partial charge in [-0.3, -0.25) is 0 Å². The van der Waals surface area contributed by atoms with Crippen LogP contribution in [0.4, 0.5) is 8.78 Å². The molecule has 1 aromatic carbocycles. The average Bonchev–Trinajstić information content (AvgIpc) is 2.87. The topological polar surface area (TPSA) is 21.3 Å². The van der Waals surface area contributed by atoms with E-state index in [2.05, 4.69) is 5.32 Å². The van der Waals surface area contributed by atoms with E-state index in [9.17, 15) is 8.78 Å². The molecule has 0 saturated heterocycles. The molecule has 2 aromatic rings. The van der Waals surface area contributed by atoms with Crippen LogP contribution in [0, 0.1) is 11.6 Å². The van der Waals surface area contributed by atoms with Crippen LogP contribution < -0.4 is 10.1 Å². The molecule has 0 radical (unpaired) electrons. The summed E-state index contributed by atoms with van der Waals surface area (Å²) in [5.74, 6) is -1.66. The fourth-order valence-corrected chi connectivity index (χ4v) is 2.37. The van der Waals surface area contributed by atoms with E-state index in [0.29, 0.717) is 12.1 Å². The van der Waals surface area contributed by atoms with Crippen molar-refractivity contribution in [3.63, 3.8) is 0 Å². The van der Waals surface area contributed by atoms with Gasteiger partial charge in [0.15, 0.2) is 17.4 Å². The molecule has 5 heteroatoms. The average molecular weight is 311 g/mol. The highest BCUT2D eigenvalue weighted by atomic mass is 32.1. The minimum Gasteiger partial charge on any atom is -0.482 e. The largest absolute Gasteiger partial charge is 0.482 e. The Bertz CT molecular complexity index is 568. The summed E-state index contributed by atoms with van der Waals surface area (Å²) in [5, 5.41) is 5.09. The number of rotatable bonds is 5. The number of ether oxygens (including phenoxy) is 1. The predicted octanol–water partition coefficient (Wildman–Crippen LogP) is 4.49. The maximum absolute atomic E-state index is 14.0. The van der Waals surface area contributed by atoms with Gasteiger partial charge in [0.25, 0.3) is 0 Å². The van der Waals surface area contributed by atoms with Crippen LogP contribution in [0.15, 0.2) is 29.6 Å². The van der Waals surface area contributed by atoms with E-state index in [-0.39, 0.29) is 17.9 Å². The molecule has 0 aliphatic heterocycles. The zero-order valence-corrected chi connectivity index (χ0v) is 13.2. The molecule has 0 spiro atoms. The number of thiophene rings is 1. The molecule has 1 N–H and O–H groups in total. The van der Waals surface area contributed by atoms with Crippen molar-refractivity contribution in [2.45, 2.75) is 39.5 Å². The predicted molar refractivity (Wildman–Crippen MR) is 81.6 cm³/mol. The van der Waals surface area contributed by atoms with Gasteiger partial charge in [0.05, 0.1) is 0 Å². The normalized spacial score (nSPS) is 11.7. The maximum atomic E-state index is 14.0. The van der Waals surface area contributed by atoms with Crippen molar-refractivity contribution in [1.82, 2.24) is 5.32 Å². The van der Waals surface area contributed by atoms with Gasteiger partial charge >= 0.3 is 0 Å². The van der Waals surface area contributed by atoms with Crippen LogP contribution in [0.5, 0.6) is 5.75 Å². The van der Waals surface area contributed by atoms with Crippen LogP contribution in [0.2, 0.25) is 0 Å². The van der Waals surface area contributed by atoms with Gasteiger partial charge in [0, 0.05) is 17.0 Å². The minimum atomic E-state index is -0.669. The van der Waals surface area contributed by atoms with Crippen LogP contribution in [0.3, 0.4) is 0 Å². The lowest BCUT2D eigenvalue weighted by Gasteiger charge is -2.20. The van der Waals surface area contributed by atoms with E-state index >= 15 is 0 Å². The lowest BCUT2D eigenvalue weighted by Crippen LogP contribution is -2.35. The van der Waals surface area contributed by atoms with Gasteiger partial charge in [0.1, 0.15) is 6.61 Å². The Morgan fingerprint density at radius 2 is 1.86 bits per heavy atom. The van der Waals surface area contributed by atoms with Crippen LogP contribution >= 0.6 is 11.3 Å². The smallest absolute Gasteiger partial charge is 0.191 e. The number of benzene rings is 1. The third kappa shape index (κ3) is 4.79. The first-order chi connectivity index (χ1) is 9.85. The van der Waals surface area contributed by atoms with E-state index in [1.54, 1.807) is 0 Å².